The average molecular weight is 321 g/mol. The van der Waals surface area contributed by atoms with Crippen molar-refractivity contribution in [1.29, 1.82) is 0 Å². The molecule has 0 saturated heterocycles. The first-order valence-electron chi connectivity index (χ1n) is 6.18. The summed E-state index contributed by atoms with van der Waals surface area (Å²) in [5, 5.41) is 3.88. The third kappa shape index (κ3) is 3.66. The first-order valence-corrected chi connectivity index (χ1v) is 8.57. The van der Waals surface area contributed by atoms with E-state index in [1.54, 1.807) is 17.4 Å². The number of allylic oxidation sites excluding steroid dienone is 1. The Morgan fingerprint density at radius 3 is 2.33 bits per heavy atom. The first-order chi connectivity index (χ1) is 9.91. The number of thiophene rings is 1. The zero-order valence-corrected chi connectivity index (χ0v) is 13.3. The van der Waals surface area contributed by atoms with Crippen LogP contribution >= 0.6 is 11.3 Å². The van der Waals surface area contributed by atoms with Gasteiger partial charge >= 0.3 is 0 Å². The van der Waals surface area contributed by atoms with Gasteiger partial charge in [0.15, 0.2) is 5.78 Å². The van der Waals surface area contributed by atoms with Gasteiger partial charge < -0.3 is 0 Å². The van der Waals surface area contributed by atoms with Gasteiger partial charge in [-0.1, -0.05) is 6.08 Å². The van der Waals surface area contributed by atoms with Crippen molar-refractivity contribution in [2.24, 2.45) is 0 Å². The SMILES string of the molecule is CN(C)S(=O)(=O)c1ccc(C(=O)/C=C/c2ccsc2)cc1. The number of rotatable bonds is 5. The van der Waals surface area contributed by atoms with Crippen molar-refractivity contribution in [2.45, 2.75) is 4.90 Å². The second-order valence-electron chi connectivity index (χ2n) is 4.57. The van der Waals surface area contributed by atoms with Crippen molar-refractivity contribution < 1.29 is 13.2 Å². The summed E-state index contributed by atoms with van der Waals surface area (Å²) in [6.45, 7) is 0. The molecule has 0 bridgehead atoms. The largest absolute Gasteiger partial charge is 0.289 e. The molecule has 2 aromatic rings. The van der Waals surface area contributed by atoms with E-state index < -0.39 is 10.0 Å². The molecule has 0 atom stereocenters. The number of carbonyl (C=O) groups excluding carboxylic acids is 1. The predicted molar refractivity (Wildman–Crippen MR) is 85.0 cm³/mol. The minimum absolute atomic E-state index is 0.157. The third-order valence-electron chi connectivity index (χ3n) is 2.89. The Balaban J connectivity index is 2.18. The number of ketones is 1. The molecule has 1 heterocycles. The minimum atomic E-state index is -3.46. The van der Waals surface area contributed by atoms with E-state index in [2.05, 4.69) is 0 Å². The van der Waals surface area contributed by atoms with E-state index in [-0.39, 0.29) is 10.7 Å². The van der Waals surface area contributed by atoms with E-state index in [0.29, 0.717) is 5.56 Å². The fourth-order valence-electron chi connectivity index (χ4n) is 1.64. The molecule has 0 amide bonds. The summed E-state index contributed by atoms with van der Waals surface area (Å²) < 4.78 is 25.0. The topological polar surface area (TPSA) is 54.5 Å². The summed E-state index contributed by atoms with van der Waals surface area (Å²) in [6, 6.07) is 7.86. The number of carbonyl (C=O) groups is 1. The predicted octanol–water partition coefficient (Wildman–Crippen LogP) is 2.89. The van der Waals surface area contributed by atoms with Gasteiger partial charge in [-0.2, -0.15) is 11.3 Å². The van der Waals surface area contributed by atoms with Gasteiger partial charge in [-0.25, -0.2) is 12.7 Å². The lowest BCUT2D eigenvalue weighted by Gasteiger charge is -2.11. The van der Waals surface area contributed by atoms with Crippen molar-refractivity contribution in [1.82, 2.24) is 4.31 Å². The molecule has 110 valence electrons. The molecule has 0 unspecified atom stereocenters. The van der Waals surface area contributed by atoms with Gasteiger partial charge in [-0.3, -0.25) is 4.79 Å². The Morgan fingerprint density at radius 2 is 1.81 bits per heavy atom. The fraction of sp³-hybridized carbons (Fsp3) is 0.133. The Morgan fingerprint density at radius 1 is 1.14 bits per heavy atom. The van der Waals surface area contributed by atoms with Crippen LogP contribution in [-0.2, 0) is 10.0 Å². The highest BCUT2D eigenvalue weighted by molar-refractivity contribution is 7.89. The van der Waals surface area contributed by atoms with Crippen LogP contribution in [0.1, 0.15) is 15.9 Å². The van der Waals surface area contributed by atoms with Crippen molar-refractivity contribution in [3.05, 3.63) is 58.3 Å². The summed E-state index contributed by atoms with van der Waals surface area (Å²) in [5.74, 6) is -0.157. The van der Waals surface area contributed by atoms with E-state index in [1.165, 1.54) is 44.4 Å². The molecule has 21 heavy (non-hydrogen) atoms. The minimum Gasteiger partial charge on any atom is -0.289 e. The highest BCUT2D eigenvalue weighted by Gasteiger charge is 2.17. The van der Waals surface area contributed by atoms with Gasteiger partial charge in [0.25, 0.3) is 0 Å². The van der Waals surface area contributed by atoms with Crippen LogP contribution in [0.5, 0.6) is 0 Å². The lowest BCUT2D eigenvalue weighted by Crippen LogP contribution is -2.22. The van der Waals surface area contributed by atoms with Gasteiger partial charge in [-0.15, -0.1) is 0 Å². The highest BCUT2D eigenvalue weighted by Crippen LogP contribution is 2.15. The Labute approximate surface area is 128 Å². The monoisotopic (exact) mass is 321 g/mol. The van der Waals surface area contributed by atoms with Crippen molar-refractivity contribution in [2.75, 3.05) is 14.1 Å². The molecule has 0 N–H and O–H groups in total. The summed E-state index contributed by atoms with van der Waals surface area (Å²) in [6.07, 6.45) is 3.22. The average Bonchev–Trinajstić information content (AvgIpc) is 2.98. The van der Waals surface area contributed by atoms with Crippen LogP contribution in [0.15, 0.2) is 52.1 Å². The fourth-order valence-corrected chi connectivity index (χ4v) is 3.17. The van der Waals surface area contributed by atoms with Gasteiger partial charge in [0, 0.05) is 19.7 Å². The van der Waals surface area contributed by atoms with Crippen molar-refractivity contribution in [3.63, 3.8) is 0 Å². The van der Waals surface area contributed by atoms with Crippen LogP contribution in [0.2, 0.25) is 0 Å². The van der Waals surface area contributed by atoms with E-state index in [4.69, 9.17) is 0 Å². The maximum atomic E-state index is 12.0. The number of benzene rings is 1. The molecular formula is C15H15NO3S2. The molecule has 0 saturated carbocycles. The van der Waals surface area contributed by atoms with Gasteiger partial charge in [0.05, 0.1) is 4.90 Å². The van der Waals surface area contributed by atoms with Crippen LogP contribution in [-0.4, -0.2) is 32.6 Å². The van der Waals surface area contributed by atoms with Crippen LogP contribution in [0.4, 0.5) is 0 Å². The van der Waals surface area contributed by atoms with Gasteiger partial charge in [-0.05, 0) is 52.7 Å². The standard InChI is InChI=1S/C15H15NO3S2/c1-16(2)21(18,19)14-6-4-13(5-7-14)15(17)8-3-12-9-10-20-11-12/h3-11H,1-2H3/b8-3+. The van der Waals surface area contributed by atoms with E-state index in [1.807, 2.05) is 16.8 Å². The van der Waals surface area contributed by atoms with Crippen molar-refractivity contribution in [3.8, 4) is 0 Å². The van der Waals surface area contributed by atoms with Crippen LogP contribution in [0.25, 0.3) is 6.08 Å². The van der Waals surface area contributed by atoms with Crippen LogP contribution in [0, 0.1) is 0 Å². The Hall–Kier alpha value is -1.76. The van der Waals surface area contributed by atoms with E-state index >= 15 is 0 Å². The maximum Gasteiger partial charge on any atom is 0.242 e. The summed E-state index contributed by atoms with van der Waals surface area (Å²) in [4.78, 5) is 12.2. The lowest BCUT2D eigenvalue weighted by molar-refractivity contribution is 0.104. The molecule has 0 fully saturated rings. The Bertz CT molecular complexity index is 743. The lowest BCUT2D eigenvalue weighted by atomic mass is 10.1. The van der Waals surface area contributed by atoms with Crippen LogP contribution < -0.4 is 0 Å². The van der Waals surface area contributed by atoms with Gasteiger partial charge in [0.1, 0.15) is 0 Å². The summed E-state index contributed by atoms with van der Waals surface area (Å²) >= 11 is 1.56. The molecule has 6 heteroatoms. The van der Waals surface area contributed by atoms with Crippen molar-refractivity contribution >= 4 is 33.2 Å². The summed E-state index contributed by atoms with van der Waals surface area (Å²) in [5.41, 5.74) is 1.43. The molecule has 0 aliphatic heterocycles. The number of nitrogens with zero attached hydrogens (tertiary/aromatic N) is 1. The molecule has 4 nitrogen and oxygen atoms in total. The number of hydrogen-bond donors (Lipinski definition) is 0. The third-order valence-corrected chi connectivity index (χ3v) is 5.42. The molecule has 2 rings (SSSR count). The van der Waals surface area contributed by atoms with Gasteiger partial charge in [0.2, 0.25) is 10.0 Å². The van der Waals surface area contributed by atoms with E-state index in [9.17, 15) is 13.2 Å². The Kier molecular flexibility index (Phi) is 4.72. The second kappa shape index (κ2) is 6.34. The molecule has 0 aliphatic carbocycles. The molecular weight excluding hydrogens is 306 g/mol. The maximum absolute atomic E-state index is 12.0. The molecule has 1 aromatic carbocycles. The first kappa shape index (κ1) is 15.6. The molecule has 0 aliphatic rings. The quantitative estimate of drug-likeness (QED) is 0.628. The smallest absolute Gasteiger partial charge is 0.242 e. The zero-order valence-electron chi connectivity index (χ0n) is 11.7. The summed E-state index contributed by atoms with van der Waals surface area (Å²) in [7, 11) is -0.521. The normalized spacial score (nSPS) is 12.1. The molecule has 0 radical (unpaired) electrons. The molecule has 1 aromatic heterocycles. The molecule has 0 spiro atoms. The number of sulfonamides is 1. The van der Waals surface area contributed by atoms with E-state index in [0.717, 1.165) is 9.87 Å². The zero-order chi connectivity index (χ0) is 15.5. The highest BCUT2D eigenvalue weighted by atomic mass is 32.2. The second-order valence-corrected chi connectivity index (χ2v) is 7.50. The van der Waals surface area contributed by atoms with Crippen LogP contribution in [0.3, 0.4) is 0 Å². The number of hydrogen-bond acceptors (Lipinski definition) is 4.